The van der Waals surface area contributed by atoms with Gasteiger partial charge < -0.3 is 37.1 Å². The number of halogens is 2. The fourth-order valence-electron chi connectivity index (χ4n) is 0.420. The molecule has 4 N–H and O–H groups in total. The van der Waals surface area contributed by atoms with Gasteiger partial charge in [0, 0.05) is 0 Å². The summed E-state index contributed by atoms with van der Waals surface area (Å²) in [5.41, 5.74) is 4.75. The van der Waals surface area contributed by atoms with Crippen molar-refractivity contribution < 1.29 is 36.2 Å². The van der Waals surface area contributed by atoms with Crippen molar-refractivity contribution in [2.24, 2.45) is 5.73 Å². The zero-order valence-corrected chi connectivity index (χ0v) is 11.3. The third kappa shape index (κ3) is 40.8. The Morgan fingerprint density at radius 2 is 1.80 bits per heavy atom. The maximum Gasteiger partial charge on any atom is 0.404 e. The number of primary amides is 1. The minimum Gasteiger partial charge on any atom is -1.00 e. The monoisotopic (exact) mass is 282 g/mol. The van der Waals surface area contributed by atoms with E-state index < -0.39 is 13.8 Å². The van der Waals surface area contributed by atoms with Crippen LogP contribution in [0, 0.1) is 0 Å². The van der Waals surface area contributed by atoms with E-state index in [9.17, 15) is 4.79 Å². The molecule has 0 heterocycles. The van der Waals surface area contributed by atoms with Crippen molar-refractivity contribution in [3.63, 3.8) is 0 Å². The third-order valence-electron chi connectivity index (χ3n) is 1.01. The summed E-state index contributed by atoms with van der Waals surface area (Å²) in [6, 6.07) is 0. The maximum atomic E-state index is 10.1. The molecule has 0 unspecified atom stereocenters. The Kier molecular flexibility index (Phi) is 14.6. The molecule has 94 valence electrons. The van der Waals surface area contributed by atoms with Gasteiger partial charge in [0.2, 0.25) is 0 Å². The summed E-state index contributed by atoms with van der Waals surface area (Å²) in [5, 5.41) is 0. The number of carbonyl (C=O) groups is 1. The first kappa shape index (κ1) is 20.6. The van der Waals surface area contributed by atoms with Gasteiger partial charge in [-0.2, -0.15) is 0 Å². The maximum absolute atomic E-state index is 10.1. The molecule has 9 heteroatoms. The molecular formula is C6H17Cl2N2O4P. The summed E-state index contributed by atoms with van der Waals surface area (Å²) in [5.74, 6) is 0. The minimum atomic E-state index is -2.15. The van der Waals surface area contributed by atoms with Gasteiger partial charge in [0.05, 0.1) is 21.1 Å². The molecule has 0 aliphatic rings. The molecule has 1 amide bonds. The van der Waals surface area contributed by atoms with Gasteiger partial charge in [-0.1, -0.05) is 0 Å². The summed E-state index contributed by atoms with van der Waals surface area (Å²) in [6.45, 7) is 1.17. The second-order valence-corrected chi connectivity index (χ2v) is 4.81. The van der Waals surface area contributed by atoms with Gasteiger partial charge in [-0.15, -0.1) is 0 Å². The largest absolute Gasteiger partial charge is 1.00 e. The van der Waals surface area contributed by atoms with Crippen molar-refractivity contribution in [1.29, 1.82) is 0 Å². The lowest BCUT2D eigenvalue weighted by Gasteiger charge is -2.22. The Morgan fingerprint density at radius 3 is 2.00 bits per heavy atom. The Bertz CT molecular complexity index is 163. The highest BCUT2D eigenvalue weighted by Gasteiger charge is 2.06. The zero-order chi connectivity index (χ0) is 11.8. The van der Waals surface area contributed by atoms with E-state index in [2.05, 4.69) is 16.0 Å². The number of hydrogen-bond acceptors (Lipinski definition) is 4. The molecular weight excluding hydrogens is 266 g/mol. The quantitative estimate of drug-likeness (QED) is 0.386. The lowest BCUT2D eigenvalue weighted by atomic mass is 10.5. The van der Waals surface area contributed by atoms with Crippen molar-refractivity contribution in [1.82, 2.24) is 0 Å². The average molecular weight is 283 g/mol. The number of rotatable bonds is 3. The second-order valence-electron chi connectivity index (χ2n) is 3.42. The second kappa shape index (κ2) is 10.7. The minimum absolute atomic E-state index is 0. The Hall–Kier alpha value is 0.160. The molecule has 0 aromatic rings. The molecule has 15 heavy (non-hydrogen) atoms. The Morgan fingerprint density at radius 1 is 1.47 bits per heavy atom. The number of hydrogen-bond donors (Lipinski definition) is 3. The van der Waals surface area contributed by atoms with Crippen LogP contribution in [-0.2, 0) is 4.74 Å². The first-order chi connectivity index (χ1) is 6.15. The van der Waals surface area contributed by atoms with E-state index in [4.69, 9.17) is 15.5 Å². The van der Waals surface area contributed by atoms with Crippen LogP contribution in [0.3, 0.4) is 0 Å². The van der Waals surface area contributed by atoms with Crippen LogP contribution in [0.2, 0.25) is 0 Å². The topological polar surface area (TPSA) is 92.8 Å². The van der Waals surface area contributed by atoms with E-state index in [1.807, 2.05) is 21.1 Å². The van der Waals surface area contributed by atoms with Crippen LogP contribution in [0.4, 0.5) is 4.79 Å². The molecule has 0 bridgehead atoms. The first-order valence-corrected chi connectivity index (χ1v) is 5.86. The molecule has 0 radical (unpaired) electrons. The van der Waals surface area contributed by atoms with Crippen molar-refractivity contribution in [3.05, 3.63) is 0 Å². The van der Waals surface area contributed by atoms with Crippen molar-refractivity contribution in [2.45, 2.75) is 0 Å². The molecule has 0 aliphatic heterocycles. The van der Waals surface area contributed by atoms with Gasteiger partial charge in [0.1, 0.15) is 13.2 Å². The number of quaternary nitrogens is 1. The number of carbonyl (C=O) groups excluding carboxylic acids is 1. The standard InChI is InChI=1S/C6H14N2O2.ClH2O2P.ClH/c1-8(2,3)4-5-10-6(7)9;1-4(2)3;/h4-5H2,1-3H3,(H-,7,9);2-3H;1H. The molecule has 0 aromatic heterocycles. The van der Waals surface area contributed by atoms with Gasteiger partial charge in [0.15, 0.2) is 0 Å². The van der Waals surface area contributed by atoms with Crippen LogP contribution in [0.15, 0.2) is 0 Å². The highest BCUT2D eigenvalue weighted by molar-refractivity contribution is 7.74. The van der Waals surface area contributed by atoms with Crippen molar-refractivity contribution in [3.8, 4) is 0 Å². The van der Waals surface area contributed by atoms with Crippen molar-refractivity contribution >= 4 is 25.1 Å². The molecule has 0 saturated heterocycles. The van der Waals surface area contributed by atoms with Gasteiger partial charge in [-0.25, -0.2) is 4.79 Å². The molecule has 0 fully saturated rings. The van der Waals surface area contributed by atoms with Gasteiger partial charge in [-0.05, 0) is 11.2 Å². The Labute approximate surface area is 102 Å². The lowest BCUT2D eigenvalue weighted by molar-refractivity contribution is -0.870. The predicted octanol–water partition coefficient (Wildman–Crippen LogP) is -2.77. The van der Waals surface area contributed by atoms with E-state index in [0.717, 1.165) is 11.0 Å². The summed E-state index contributed by atoms with van der Waals surface area (Å²) >= 11 is 4.45. The summed E-state index contributed by atoms with van der Waals surface area (Å²) in [4.78, 5) is 25.0. The highest BCUT2D eigenvalue weighted by Crippen LogP contribution is 2.27. The molecule has 6 nitrogen and oxygen atoms in total. The molecule has 0 saturated carbocycles. The number of amides is 1. The van der Waals surface area contributed by atoms with Crippen LogP contribution < -0.4 is 18.1 Å². The molecule has 0 spiro atoms. The normalized spacial score (nSPS) is 9.80. The summed E-state index contributed by atoms with van der Waals surface area (Å²) in [7, 11) is 3.91. The van der Waals surface area contributed by atoms with Gasteiger partial charge >= 0.3 is 6.09 Å². The molecule has 0 aromatic carbocycles. The first-order valence-electron chi connectivity index (χ1n) is 3.71. The number of nitrogens with zero attached hydrogens (tertiary/aromatic N) is 1. The van der Waals surface area contributed by atoms with Crippen LogP contribution in [-0.4, -0.2) is 54.7 Å². The van der Waals surface area contributed by atoms with Crippen LogP contribution in [0.5, 0.6) is 0 Å². The highest BCUT2D eigenvalue weighted by atomic mass is 35.7. The van der Waals surface area contributed by atoms with E-state index in [1.165, 1.54) is 0 Å². The predicted molar refractivity (Wildman–Crippen MR) is 55.6 cm³/mol. The van der Waals surface area contributed by atoms with E-state index in [-0.39, 0.29) is 12.4 Å². The fraction of sp³-hybridized carbons (Fsp3) is 0.833. The van der Waals surface area contributed by atoms with Gasteiger partial charge in [-0.3, -0.25) is 0 Å². The molecule has 0 rings (SSSR count). The van der Waals surface area contributed by atoms with E-state index in [1.54, 1.807) is 0 Å². The zero-order valence-electron chi connectivity index (χ0n) is 8.85. The van der Waals surface area contributed by atoms with Crippen LogP contribution in [0.25, 0.3) is 0 Å². The molecule has 0 atom stereocenters. The number of ether oxygens (including phenoxy) is 1. The SMILES string of the molecule is C[N+](C)(C)CCOC(N)=O.OP(O)Cl.[Cl-]. The van der Waals surface area contributed by atoms with Crippen LogP contribution >= 0.6 is 19.0 Å². The fourth-order valence-corrected chi connectivity index (χ4v) is 0.420. The van der Waals surface area contributed by atoms with Crippen molar-refractivity contribution in [2.75, 3.05) is 34.3 Å². The van der Waals surface area contributed by atoms with E-state index in [0.29, 0.717) is 6.61 Å². The average Bonchev–Trinajstić information content (AvgIpc) is 1.80. The van der Waals surface area contributed by atoms with Crippen LogP contribution in [0.1, 0.15) is 0 Å². The lowest BCUT2D eigenvalue weighted by Crippen LogP contribution is -3.00. The molecule has 0 aliphatic carbocycles. The number of nitrogens with two attached hydrogens (primary N) is 1. The summed E-state index contributed by atoms with van der Waals surface area (Å²) < 4.78 is 5.31. The Balaban J connectivity index is -0.000000249. The number of likely N-dealkylation sites (N-methyl/N-ethyl adjacent to an activating group) is 1. The summed E-state index contributed by atoms with van der Waals surface area (Å²) in [6.07, 6.45) is -0.701. The van der Waals surface area contributed by atoms with E-state index >= 15 is 0 Å². The van der Waals surface area contributed by atoms with Gasteiger partial charge in [0.25, 0.3) is 7.73 Å². The third-order valence-corrected chi connectivity index (χ3v) is 1.01. The smallest absolute Gasteiger partial charge is 0.404 e.